The lowest BCUT2D eigenvalue weighted by Gasteiger charge is -2.12. The number of imide groups is 1. The number of thioether (sulfide) groups is 1. The molecule has 1 aliphatic rings. The number of carbonyl (C=O) groups excluding carboxylic acids is 3. The van der Waals surface area contributed by atoms with Gasteiger partial charge in [-0.2, -0.15) is 0 Å². The highest BCUT2D eigenvalue weighted by atomic mass is 32.2. The number of rotatable bonds is 8. The van der Waals surface area contributed by atoms with Gasteiger partial charge < -0.3 is 14.6 Å². The number of aromatic hydroxyl groups is 1. The van der Waals surface area contributed by atoms with Crippen molar-refractivity contribution in [2.24, 2.45) is 0 Å². The summed E-state index contributed by atoms with van der Waals surface area (Å²) >= 11 is 0.747. The van der Waals surface area contributed by atoms with E-state index < -0.39 is 23.7 Å². The van der Waals surface area contributed by atoms with Crippen molar-refractivity contribution in [3.63, 3.8) is 0 Å². The average molecular weight is 391 g/mol. The van der Waals surface area contributed by atoms with E-state index in [0.717, 1.165) is 16.7 Å². The van der Waals surface area contributed by atoms with Crippen LogP contribution in [0.15, 0.2) is 29.7 Å². The first-order valence-corrected chi connectivity index (χ1v) is 9.23. The van der Waals surface area contributed by atoms with Gasteiger partial charge in [-0.25, -0.2) is 0 Å². The average Bonchev–Trinajstić information content (AvgIpc) is 2.87. The summed E-state index contributed by atoms with van der Waals surface area (Å²) in [6.45, 7) is 7.21. The molecule has 1 heterocycles. The van der Waals surface area contributed by atoms with Crippen LogP contribution in [0.4, 0.5) is 4.79 Å². The van der Waals surface area contributed by atoms with E-state index in [0.29, 0.717) is 24.2 Å². The molecule has 2 rings (SSSR count). The Bertz CT molecular complexity index is 802. The molecule has 1 aromatic carbocycles. The molecule has 27 heavy (non-hydrogen) atoms. The number of amides is 2. The van der Waals surface area contributed by atoms with E-state index in [-0.39, 0.29) is 23.0 Å². The highest BCUT2D eigenvalue weighted by Crippen LogP contribution is 2.36. The normalized spacial score (nSPS) is 15.3. The van der Waals surface area contributed by atoms with E-state index in [4.69, 9.17) is 9.47 Å². The van der Waals surface area contributed by atoms with Gasteiger partial charge in [0, 0.05) is 5.56 Å². The van der Waals surface area contributed by atoms with E-state index in [9.17, 15) is 19.5 Å². The zero-order valence-corrected chi connectivity index (χ0v) is 16.0. The van der Waals surface area contributed by atoms with Gasteiger partial charge in [-0.1, -0.05) is 6.08 Å². The van der Waals surface area contributed by atoms with Crippen LogP contribution in [-0.4, -0.2) is 46.9 Å². The van der Waals surface area contributed by atoms with Crippen LogP contribution in [0.25, 0.3) is 6.08 Å². The lowest BCUT2D eigenvalue weighted by atomic mass is 10.1. The lowest BCUT2D eigenvalue weighted by Crippen LogP contribution is -2.34. The fourth-order valence-corrected chi connectivity index (χ4v) is 3.31. The molecule has 0 saturated carbocycles. The summed E-state index contributed by atoms with van der Waals surface area (Å²) in [4.78, 5) is 37.1. The molecule has 0 radical (unpaired) electrons. The molecule has 0 unspecified atom stereocenters. The van der Waals surface area contributed by atoms with Gasteiger partial charge in [-0.15, -0.1) is 6.58 Å². The topological polar surface area (TPSA) is 93.1 Å². The monoisotopic (exact) mass is 391 g/mol. The highest BCUT2D eigenvalue weighted by molar-refractivity contribution is 8.18. The van der Waals surface area contributed by atoms with Crippen LogP contribution in [0.2, 0.25) is 0 Å². The van der Waals surface area contributed by atoms with Gasteiger partial charge in [-0.05, 0) is 55.8 Å². The molecule has 0 atom stereocenters. The number of ether oxygens (including phenoxy) is 2. The molecule has 0 bridgehead atoms. The highest BCUT2D eigenvalue weighted by Gasteiger charge is 2.36. The first kappa shape index (κ1) is 20.6. The SMILES string of the molecule is C=CCc1cc(/C=C2\SC(=O)N(CC(=O)OCC)C2=O)cc(OCC)c1O. The number of allylic oxidation sites excluding steroid dienone is 1. The zero-order valence-electron chi connectivity index (χ0n) is 15.2. The van der Waals surface area contributed by atoms with Crippen molar-refractivity contribution in [3.05, 3.63) is 40.8 Å². The Labute approximate surface area is 161 Å². The van der Waals surface area contributed by atoms with Crippen LogP contribution in [-0.2, 0) is 20.7 Å². The second-order valence-corrected chi connectivity index (χ2v) is 6.52. The molecule has 7 nitrogen and oxygen atoms in total. The number of nitrogens with zero attached hydrogens (tertiary/aromatic N) is 1. The fourth-order valence-electron chi connectivity index (χ4n) is 2.47. The Morgan fingerprint density at radius 1 is 1.30 bits per heavy atom. The second kappa shape index (κ2) is 9.27. The smallest absolute Gasteiger partial charge is 0.326 e. The third-order valence-corrected chi connectivity index (χ3v) is 4.51. The van der Waals surface area contributed by atoms with E-state index in [1.54, 1.807) is 32.1 Å². The largest absolute Gasteiger partial charge is 0.504 e. The maximum atomic E-state index is 12.5. The fraction of sp³-hybridized carbons (Fsp3) is 0.316. The summed E-state index contributed by atoms with van der Waals surface area (Å²) in [5, 5.41) is 9.71. The van der Waals surface area contributed by atoms with Crippen molar-refractivity contribution >= 4 is 35.0 Å². The molecule has 1 saturated heterocycles. The van der Waals surface area contributed by atoms with E-state index >= 15 is 0 Å². The minimum atomic E-state index is -0.641. The third kappa shape index (κ3) is 4.91. The molecule has 144 valence electrons. The molecule has 1 N–H and O–H groups in total. The molecule has 8 heteroatoms. The zero-order chi connectivity index (χ0) is 20.0. The predicted molar refractivity (Wildman–Crippen MR) is 102 cm³/mol. The van der Waals surface area contributed by atoms with Crippen LogP contribution < -0.4 is 4.74 Å². The van der Waals surface area contributed by atoms with Gasteiger partial charge in [0.15, 0.2) is 11.5 Å². The Kier molecular flexibility index (Phi) is 7.06. The Balaban J connectivity index is 2.32. The minimum absolute atomic E-state index is 0.0179. The molecular formula is C19H21NO6S. The second-order valence-electron chi connectivity index (χ2n) is 5.53. The quantitative estimate of drug-likeness (QED) is 0.413. The summed E-state index contributed by atoms with van der Waals surface area (Å²) in [5.74, 6) is -0.898. The number of hydrogen-bond donors (Lipinski definition) is 1. The molecule has 2 amide bonds. The summed E-state index contributed by atoms with van der Waals surface area (Å²) in [5.41, 5.74) is 1.18. The standard InChI is InChI=1S/C19H21NO6S/c1-4-7-13-8-12(9-14(17(13)22)25-5-2)10-15-18(23)20(19(24)27-15)11-16(21)26-6-3/h4,8-10,22H,1,5-7,11H2,2-3H3/b15-10-. The molecule has 0 aromatic heterocycles. The number of hydrogen-bond acceptors (Lipinski definition) is 7. The molecular weight excluding hydrogens is 370 g/mol. The van der Waals surface area contributed by atoms with Crippen molar-refractivity contribution in [2.75, 3.05) is 19.8 Å². The first-order chi connectivity index (χ1) is 12.9. The van der Waals surface area contributed by atoms with Crippen molar-refractivity contribution in [3.8, 4) is 11.5 Å². The van der Waals surface area contributed by atoms with Gasteiger partial charge in [0.05, 0.1) is 18.1 Å². The van der Waals surface area contributed by atoms with E-state index in [1.807, 2.05) is 0 Å². The number of esters is 1. The van der Waals surface area contributed by atoms with Crippen LogP contribution in [0.5, 0.6) is 11.5 Å². The molecule has 1 fully saturated rings. The first-order valence-electron chi connectivity index (χ1n) is 8.41. The van der Waals surface area contributed by atoms with Crippen molar-refractivity contribution in [2.45, 2.75) is 20.3 Å². The van der Waals surface area contributed by atoms with Crippen LogP contribution >= 0.6 is 11.8 Å². The summed E-state index contributed by atoms with van der Waals surface area (Å²) in [6, 6.07) is 3.28. The van der Waals surface area contributed by atoms with Gasteiger partial charge in [0.25, 0.3) is 11.1 Å². The number of phenols is 1. The van der Waals surface area contributed by atoms with Crippen molar-refractivity contribution < 1.29 is 29.0 Å². The van der Waals surface area contributed by atoms with E-state index in [1.165, 1.54) is 6.08 Å². The molecule has 0 aliphatic carbocycles. The molecule has 0 spiro atoms. The number of benzene rings is 1. The summed E-state index contributed by atoms with van der Waals surface area (Å²) in [7, 11) is 0. The van der Waals surface area contributed by atoms with Crippen LogP contribution in [0.3, 0.4) is 0 Å². The van der Waals surface area contributed by atoms with Gasteiger partial charge in [-0.3, -0.25) is 19.3 Å². The van der Waals surface area contributed by atoms with Crippen LogP contribution in [0.1, 0.15) is 25.0 Å². The molecule has 1 aromatic rings. The van der Waals surface area contributed by atoms with Gasteiger partial charge >= 0.3 is 5.97 Å². The summed E-state index contributed by atoms with van der Waals surface area (Å²) < 4.78 is 10.2. The Hall–Kier alpha value is -2.74. The molecule has 1 aliphatic heterocycles. The van der Waals surface area contributed by atoms with Crippen LogP contribution in [0, 0.1) is 0 Å². The Morgan fingerprint density at radius 2 is 2.04 bits per heavy atom. The van der Waals surface area contributed by atoms with Gasteiger partial charge in [0.1, 0.15) is 6.54 Å². The third-order valence-electron chi connectivity index (χ3n) is 3.60. The number of carbonyl (C=O) groups is 3. The lowest BCUT2D eigenvalue weighted by molar-refractivity contribution is -0.145. The van der Waals surface area contributed by atoms with Crippen molar-refractivity contribution in [1.82, 2.24) is 4.90 Å². The van der Waals surface area contributed by atoms with E-state index in [2.05, 4.69) is 6.58 Å². The van der Waals surface area contributed by atoms with Crippen molar-refractivity contribution in [1.29, 1.82) is 0 Å². The van der Waals surface area contributed by atoms with Gasteiger partial charge in [0.2, 0.25) is 0 Å². The number of phenolic OH excluding ortho intramolecular Hbond substituents is 1. The minimum Gasteiger partial charge on any atom is -0.504 e. The summed E-state index contributed by atoms with van der Waals surface area (Å²) in [6.07, 6.45) is 3.59. The maximum absolute atomic E-state index is 12.5. The maximum Gasteiger partial charge on any atom is 0.326 e. The Morgan fingerprint density at radius 3 is 2.67 bits per heavy atom. The predicted octanol–water partition coefficient (Wildman–Crippen LogP) is 3.12.